The van der Waals surface area contributed by atoms with Gasteiger partial charge < -0.3 is 10.6 Å². The molecule has 2 atom stereocenters. The Kier molecular flexibility index (Phi) is 5.03. The molecule has 0 bridgehead atoms. The Morgan fingerprint density at radius 3 is 2.58 bits per heavy atom. The molecule has 2 aliphatic rings. The molecule has 31 heavy (non-hydrogen) atoms. The molecule has 0 radical (unpaired) electrons. The molecule has 3 aromatic rings. The molecule has 0 aliphatic carbocycles. The standard InChI is InChI=1S/C22H24FN7O/c23-18-5-2-1-4-15(18)10-28-11-16-13-29(14-17(16)12-28)22(31)27-21-19(24)6-7-20(26-21)30-9-3-8-25-30/h1-9,16-17H,10-14,24H2,(H,26,27,31). The van der Waals surface area contributed by atoms with Crippen LogP contribution in [0.25, 0.3) is 5.82 Å². The summed E-state index contributed by atoms with van der Waals surface area (Å²) in [6, 6.07) is 12.0. The van der Waals surface area contributed by atoms with Gasteiger partial charge in [0.2, 0.25) is 0 Å². The quantitative estimate of drug-likeness (QED) is 0.676. The molecule has 160 valence electrons. The highest BCUT2D eigenvalue weighted by atomic mass is 19.1. The number of pyridine rings is 1. The molecule has 0 spiro atoms. The van der Waals surface area contributed by atoms with E-state index in [1.165, 1.54) is 6.07 Å². The number of halogens is 1. The van der Waals surface area contributed by atoms with Gasteiger partial charge in [0.1, 0.15) is 5.82 Å². The number of nitrogen functional groups attached to an aromatic ring is 1. The number of nitrogens with two attached hydrogens (primary N) is 1. The van der Waals surface area contributed by atoms with Gasteiger partial charge in [-0.1, -0.05) is 18.2 Å². The van der Waals surface area contributed by atoms with E-state index in [4.69, 9.17) is 5.73 Å². The zero-order valence-electron chi connectivity index (χ0n) is 17.0. The van der Waals surface area contributed by atoms with E-state index in [1.54, 1.807) is 41.3 Å². The van der Waals surface area contributed by atoms with Crippen molar-refractivity contribution in [2.75, 3.05) is 37.2 Å². The Morgan fingerprint density at radius 2 is 1.87 bits per heavy atom. The molecule has 1 aromatic carbocycles. The summed E-state index contributed by atoms with van der Waals surface area (Å²) in [5, 5.41) is 7.01. The number of benzene rings is 1. The van der Waals surface area contributed by atoms with Crippen molar-refractivity contribution in [3.63, 3.8) is 0 Å². The number of urea groups is 1. The highest BCUT2D eigenvalue weighted by molar-refractivity contribution is 5.91. The Bertz CT molecular complexity index is 1070. The van der Waals surface area contributed by atoms with E-state index in [-0.39, 0.29) is 11.8 Å². The van der Waals surface area contributed by atoms with E-state index in [0.29, 0.717) is 48.8 Å². The second kappa shape index (κ2) is 7.99. The first-order valence-electron chi connectivity index (χ1n) is 10.3. The maximum Gasteiger partial charge on any atom is 0.323 e. The average molecular weight is 421 g/mol. The van der Waals surface area contributed by atoms with Crippen molar-refractivity contribution in [1.29, 1.82) is 0 Å². The first kappa shape index (κ1) is 19.5. The van der Waals surface area contributed by atoms with Crippen LogP contribution in [0.5, 0.6) is 0 Å². The highest BCUT2D eigenvalue weighted by Crippen LogP contribution is 2.32. The molecule has 5 rings (SSSR count). The molecule has 2 fully saturated rings. The van der Waals surface area contributed by atoms with Gasteiger partial charge in [-0.15, -0.1) is 0 Å². The summed E-state index contributed by atoms with van der Waals surface area (Å²) in [6.07, 6.45) is 3.44. The summed E-state index contributed by atoms with van der Waals surface area (Å²) in [4.78, 5) is 21.4. The highest BCUT2D eigenvalue weighted by Gasteiger charge is 2.41. The van der Waals surface area contributed by atoms with Crippen LogP contribution in [0.15, 0.2) is 54.9 Å². The lowest BCUT2D eigenvalue weighted by atomic mass is 10.0. The molecule has 2 amide bonds. The van der Waals surface area contributed by atoms with Crippen LogP contribution in [0.4, 0.5) is 20.7 Å². The number of aromatic nitrogens is 3. The molecule has 2 saturated heterocycles. The third-order valence-corrected chi connectivity index (χ3v) is 6.08. The van der Waals surface area contributed by atoms with Crippen molar-refractivity contribution in [2.45, 2.75) is 6.54 Å². The fourth-order valence-electron chi connectivity index (χ4n) is 4.52. The number of rotatable bonds is 4. The normalized spacial score (nSPS) is 20.7. The van der Waals surface area contributed by atoms with E-state index < -0.39 is 0 Å². The first-order chi connectivity index (χ1) is 15.1. The average Bonchev–Trinajstić information content (AvgIpc) is 3.48. The van der Waals surface area contributed by atoms with Crippen LogP contribution in [0.2, 0.25) is 0 Å². The smallest absolute Gasteiger partial charge is 0.323 e. The predicted molar refractivity (Wildman–Crippen MR) is 115 cm³/mol. The molecular weight excluding hydrogens is 397 g/mol. The van der Waals surface area contributed by atoms with Crippen LogP contribution in [0, 0.1) is 17.7 Å². The molecule has 2 unspecified atom stereocenters. The van der Waals surface area contributed by atoms with Crippen molar-refractivity contribution in [3.8, 4) is 5.82 Å². The largest absolute Gasteiger partial charge is 0.396 e. The van der Waals surface area contributed by atoms with Crippen LogP contribution in [-0.2, 0) is 6.54 Å². The Labute approximate surface area is 179 Å². The fourth-order valence-corrected chi connectivity index (χ4v) is 4.52. The molecule has 3 N–H and O–H groups in total. The lowest BCUT2D eigenvalue weighted by Crippen LogP contribution is -2.36. The SMILES string of the molecule is Nc1ccc(-n2cccn2)nc1NC(=O)N1CC2CN(Cc3ccccc3F)CC2C1. The van der Waals surface area contributed by atoms with Gasteiger partial charge in [0.05, 0.1) is 5.69 Å². The van der Waals surface area contributed by atoms with Crippen molar-refractivity contribution >= 4 is 17.5 Å². The van der Waals surface area contributed by atoms with Gasteiger partial charge in [-0.05, 0) is 36.1 Å². The van der Waals surface area contributed by atoms with E-state index in [2.05, 4.69) is 20.3 Å². The van der Waals surface area contributed by atoms with Crippen molar-refractivity contribution < 1.29 is 9.18 Å². The fraction of sp³-hybridized carbons (Fsp3) is 0.318. The number of fused-ring (bicyclic) bond motifs is 1. The third kappa shape index (κ3) is 3.96. The van der Waals surface area contributed by atoms with Crippen LogP contribution < -0.4 is 11.1 Å². The second-order valence-electron chi connectivity index (χ2n) is 8.20. The van der Waals surface area contributed by atoms with E-state index in [1.807, 2.05) is 17.0 Å². The van der Waals surface area contributed by atoms with Crippen molar-refractivity contribution in [1.82, 2.24) is 24.6 Å². The summed E-state index contributed by atoms with van der Waals surface area (Å²) in [5.41, 5.74) is 7.14. The van der Waals surface area contributed by atoms with Gasteiger partial charge in [-0.25, -0.2) is 18.9 Å². The molecule has 8 nitrogen and oxygen atoms in total. The zero-order chi connectivity index (χ0) is 21.4. The van der Waals surface area contributed by atoms with E-state index >= 15 is 0 Å². The minimum Gasteiger partial charge on any atom is -0.396 e. The Hall–Kier alpha value is -3.46. The van der Waals surface area contributed by atoms with Crippen LogP contribution in [0.1, 0.15) is 5.56 Å². The minimum atomic E-state index is -0.202. The molecular formula is C22H24FN7O. The summed E-state index contributed by atoms with van der Waals surface area (Å²) < 4.78 is 15.6. The first-order valence-corrected chi connectivity index (χ1v) is 10.3. The molecule has 0 saturated carbocycles. The minimum absolute atomic E-state index is 0.164. The van der Waals surface area contributed by atoms with Gasteiger partial charge in [0.25, 0.3) is 0 Å². The zero-order valence-corrected chi connectivity index (χ0v) is 17.0. The van der Waals surface area contributed by atoms with Gasteiger partial charge in [0, 0.05) is 50.7 Å². The number of hydrogen-bond donors (Lipinski definition) is 2. The van der Waals surface area contributed by atoms with E-state index in [0.717, 1.165) is 18.7 Å². The number of anilines is 2. The number of amides is 2. The second-order valence-corrected chi connectivity index (χ2v) is 8.20. The molecule has 2 aliphatic heterocycles. The number of nitrogens with zero attached hydrogens (tertiary/aromatic N) is 5. The molecule has 9 heteroatoms. The lowest BCUT2D eigenvalue weighted by Gasteiger charge is -2.22. The van der Waals surface area contributed by atoms with Crippen LogP contribution in [-0.4, -0.2) is 56.8 Å². The number of carbonyl (C=O) groups is 1. The van der Waals surface area contributed by atoms with Crippen molar-refractivity contribution in [2.24, 2.45) is 11.8 Å². The summed E-state index contributed by atoms with van der Waals surface area (Å²) >= 11 is 0. The van der Waals surface area contributed by atoms with Crippen molar-refractivity contribution in [3.05, 3.63) is 66.2 Å². The number of likely N-dealkylation sites (tertiary alicyclic amines) is 2. The number of hydrogen-bond acceptors (Lipinski definition) is 5. The number of nitrogens with one attached hydrogen (secondary N) is 1. The summed E-state index contributed by atoms with van der Waals surface area (Å²) in [7, 11) is 0. The van der Waals surface area contributed by atoms with Gasteiger partial charge in [-0.2, -0.15) is 5.10 Å². The Morgan fingerprint density at radius 1 is 1.10 bits per heavy atom. The Balaban J connectivity index is 1.20. The van der Waals surface area contributed by atoms with Gasteiger partial charge in [-0.3, -0.25) is 10.2 Å². The lowest BCUT2D eigenvalue weighted by molar-refractivity contribution is 0.211. The monoisotopic (exact) mass is 421 g/mol. The van der Waals surface area contributed by atoms with Gasteiger partial charge >= 0.3 is 6.03 Å². The third-order valence-electron chi connectivity index (χ3n) is 6.08. The summed E-state index contributed by atoms with van der Waals surface area (Å²) in [5.74, 6) is 1.52. The van der Waals surface area contributed by atoms with Crippen LogP contribution >= 0.6 is 0 Å². The topological polar surface area (TPSA) is 92.3 Å². The van der Waals surface area contributed by atoms with Gasteiger partial charge in [0.15, 0.2) is 11.6 Å². The van der Waals surface area contributed by atoms with E-state index in [9.17, 15) is 9.18 Å². The number of carbonyl (C=O) groups excluding carboxylic acids is 1. The molecule has 2 aromatic heterocycles. The molecule has 4 heterocycles. The van der Waals surface area contributed by atoms with Crippen LogP contribution in [0.3, 0.4) is 0 Å². The maximum atomic E-state index is 13.9. The maximum absolute atomic E-state index is 13.9. The predicted octanol–water partition coefficient (Wildman–Crippen LogP) is 2.58. The summed E-state index contributed by atoms with van der Waals surface area (Å²) in [6.45, 7) is 3.66.